The Morgan fingerprint density at radius 3 is 2.50 bits per heavy atom. The summed E-state index contributed by atoms with van der Waals surface area (Å²) in [6, 6.07) is 8.58. The number of nitrogens with two attached hydrogens (primary N) is 1. The lowest BCUT2D eigenvalue weighted by Gasteiger charge is -2.16. The molecule has 1 aliphatic rings. The van der Waals surface area contributed by atoms with Crippen molar-refractivity contribution in [3.05, 3.63) is 35.4 Å². The molecule has 0 saturated carbocycles. The summed E-state index contributed by atoms with van der Waals surface area (Å²) in [6.07, 6.45) is 3.58. The molecule has 1 aromatic rings. The van der Waals surface area contributed by atoms with Crippen molar-refractivity contribution >= 4 is 18.3 Å². The normalized spacial score (nSPS) is 17.9. The van der Waals surface area contributed by atoms with Crippen molar-refractivity contribution in [2.24, 2.45) is 11.7 Å². The van der Waals surface area contributed by atoms with Crippen LogP contribution in [0.25, 0.3) is 0 Å². The zero-order valence-electron chi connectivity index (χ0n) is 12.2. The first-order valence-corrected chi connectivity index (χ1v) is 7.28. The van der Waals surface area contributed by atoms with Crippen molar-refractivity contribution in [3.8, 4) is 0 Å². The van der Waals surface area contributed by atoms with E-state index in [0.717, 1.165) is 32.4 Å². The van der Waals surface area contributed by atoms with Gasteiger partial charge in [-0.1, -0.05) is 31.2 Å². The third kappa shape index (κ3) is 4.50. The number of hydrogen-bond donors (Lipinski definition) is 1. The predicted octanol–water partition coefficient (Wildman–Crippen LogP) is 2.41. The molecule has 1 aromatic carbocycles. The van der Waals surface area contributed by atoms with E-state index in [9.17, 15) is 4.79 Å². The lowest BCUT2D eigenvalue weighted by Crippen LogP contribution is -2.29. The fourth-order valence-electron chi connectivity index (χ4n) is 2.60. The Hall–Kier alpha value is -1.06. The zero-order valence-corrected chi connectivity index (χ0v) is 13.0. The summed E-state index contributed by atoms with van der Waals surface area (Å²) in [5.74, 6) is 0.781. The van der Waals surface area contributed by atoms with Gasteiger partial charge in [-0.2, -0.15) is 0 Å². The SMILES string of the molecule is CCc1ccc(CCC(=O)N2CCC(CN)C2)cc1.Cl. The number of benzene rings is 1. The first-order chi connectivity index (χ1) is 9.22. The van der Waals surface area contributed by atoms with Crippen LogP contribution in [0.5, 0.6) is 0 Å². The van der Waals surface area contributed by atoms with Crippen LogP contribution in [0.3, 0.4) is 0 Å². The Morgan fingerprint density at radius 1 is 1.30 bits per heavy atom. The van der Waals surface area contributed by atoms with E-state index in [-0.39, 0.29) is 18.3 Å². The van der Waals surface area contributed by atoms with Gasteiger partial charge in [-0.05, 0) is 42.9 Å². The quantitative estimate of drug-likeness (QED) is 0.907. The molecule has 20 heavy (non-hydrogen) atoms. The van der Waals surface area contributed by atoms with Crippen LogP contribution >= 0.6 is 12.4 Å². The van der Waals surface area contributed by atoms with Crippen LogP contribution in [0.2, 0.25) is 0 Å². The average molecular weight is 297 g/mol. The molecule has 3 nitrogen and oxygen atoms in total. The Bertz CT molecular complexity index is 419. The van der Waals surface area contributed by atoms with E-state index >= 15 is 0 Å². The molecule has 1 amide bonds. The van der Waals surface area contributed by atoms with Gasteiger partial charge in [0.25, 0.3) is 0 Å². The molecule has 1 unspecified atom stereocenters. The molecule has 0 aliphatic carbocycles. The highest BCUT2D eigenvalue weighted by Gasteiger charge is 2.24. The minimum atomic E-state index is 0. The molecule has 1 heterocycles. The van der Waals surface area contributed by atoms with E-state index in [1.54, 1.807) is 0 Å². The van der Waals surface area contributed by atoms with Gasteiger partial charge < -0.3 is 10.6 Å². The standard InChI is InChI=1S/C16H24N2O.ClH/c1-2-13-3-5-14(6-4-13)7-8-16(19)18-10-9-15(11-17)12-18;/h3-6,15H,2,7-12,17H2,1H3;1H. The number of nitrogens with zero attached hydrogens (tertiary/aromatic N) is 1. The van der Waals surface area contributed by atoms with Gasteiger partial charge in [0.2, 0.25) is 5.91 Å². The fourth-order valence-corrected chi connectivity index (χ4v) is 2.60. The summed E-state index contributed by atoms with van der Waals surface area (Å²) < 4.78 is 0. The molecule has 1 aliphatic heterocycles. The summed E-state index contributed by atoms with van der Waals surface area (Å²) in [4.78, 5) is 14.1. The highest BCUT2D eigenvalue weighted by atomic mass is 35.5. The van der Waals surface area contributed by atoms with Gasteiger partial charge in [0.15, 0.2) is 0 Å². The number of aryl methyl sites for hydroxylation is 2. The second-order valence-corrected chi connectivity index (χ2v) is 5.40. The van der Waals surface area contributed by atoms with Gasteiger partial charge in [-0.15, -0.1) is 12.4 Å². The zero-order chi connectivity index (χ0) is 13.7. The maximum Gasteiger partial charge on any atom is 0.222 e. The predicted molar refractivity (Wildman–Crippen MR) is 85.1 cm³/mol. The van der Waals surface area contributed by atoms with Crippen LogP contribution < -0.4 is 5.73 Å². The minimum absolute atomic E-state index is 0. The van der Waals surface area contributed by atoms with E-state index < -0.39 is 0 Å². The maximum absolute atomic E-state index is 12.1. The maximum atomic E-state index is 12.1. The molecule has 0 spiro atoms. The van der Waals surface area contributed by atoms with E-state index in [4.69, 9.17) is 5.73 Å². The van der Waals surface area contributed by atoms with Crippen LogP contribution in [-0.4, -0.2) is 30.4 Å². The third-order valence-electron chi connectivity index (χ3n) is 4.03. The first kappa shape index (κ1) is 17.0. The molecule has 0 bridgehead atoms. The van der Waals surface area contributed by atoms with Gasteiger partial charge in [0, 0.05) is 19.5 Å². The van der Waals surface area contributed by atoms with E-state index in [0.29, 0.717) is 18.9 Å². The number of amides is 1. The Kier molecular flexibility index (Phi) is 7.03. The van der Waals surface area contributed by atoms with E-state index in [1.807, 2.05) is 4.90 Å². The van der Waals surface area contributed by atoms with Gasteiger partial charge in [0.05, 0.1) is 0 Å². The summed E-state index contributed by atoms with van der Waals surface area (Å²) in [7, 11) is 0. The lowest BCUT2D eigenvalue weighted by atomic mass is 10.1. The van der Waals surface area contributed by atoms with Crippen LogP contribution in [0.15, 0.2) is 24.3 Å². The van der Waals surface area contributed by atoms with Crippen LogP contribution in [0.4, 0.5) is 0 Å². The average Bonchev–Trinajstić information content (AvgIpc) is 2.94. The molecular weight excluding hydrogens is 272 g/mol. The highest BCUT2D eigenvalue weighted by Crippen LogP contribution is 2.16. The van der Waals surface area contributed by atoms with E-state index in [1.165, 1.54) is 11.1 Å². The number of likely N-dealkylation sites (tertiary alicyclic amines) is 1. The first-order valence-electron chi connectivity index (χ1n) is 7.28. The van der Waals surface area contributed by atoms with Crippen molar-refractivity contribution in [2.75, 3.05) is 19.6 Å². The van der Waals surface area contributed by atoms with Gasteiger partial charge in [-0.25, -0.2) is 0 Å². The smallest absolute Gasteiger partial charge is 0.222 e. The molecule has 2 N–H and O–H groups in total. The Labute approximate surface area is 127 Å². The highest BCUT2D eigenvalue weighted by molar-refractivity contribution is 5.85. The molecule has 1 atom stereocenters. The molecule has 4 heteroatoms. The molecule has 0 aromatic heterocycles. The monoisotopic (exact) mass is 296 g/mol. The molecule has 2 rings (SSSR count). The van der Waals surface area contributed by atoms with Crippen molar-refractivity contribution < 1.29 is 4.79 Å². The molecule has 1 fully saturated rings. The third-order valence-corrected chi connectivity index (χ3v) is 4.03. The van der Waals surface area contributed by atoms with Crippen molar-refractivity contribution in [3.63, 3.8) is 0 Å². The number of carbonyl (C=O) groups is 1. The Morgan fingerprint density at radius 2 is 1.95 bits per heavy atom. The van der Waals surface area contributed by atoms with Gasteiger partial charge >= 0.3 is 0 Å². The Balaban J connectivity index is 0.00000200. The molecule has 112 valence electrons. The van der Waals surface area contributed by atoms with Gasteiger partial charge in [0.1, 0.15) is 0 Å². The summed E-state index contributed by atoms with van der Waals surface area (Å²) in [5.41, 5.74) is 8.25. The topological polar surface area (TPSA) is 46.3 Å². The molecule has 1 saturated heterocycles. The second-order valence-electron chi connectivity index (χ2n) is 5.40. The van der Waals surface area contributed by atoms with Crippen LogP contribution in [0.1, 0.15) is 30.9 Å². The van der Waals surface area contributed by atoms with Crippen LogP contribution in [-0.2, 0) is 17.6 Å². The van der Waals surface area contributed by atoms with Crippen LogP contribution in [0, 0.1) is 5.92 Å². The summed E-state index contributed by atoms with van der Waals surface area (Å²) >= 11 is 0. The minimum Gasteiger partial charge on any atom is -0.342 e. The van der Waals surface area contributed by atoms with Gasteiger partial charge in [-0.3, -0.25) is 4.79 Å². The van der Waals surface area contributed by atoms with E-state index in [2.05, 4.69) is 31.2 Å². The summed E-state index contributed by atoms with van der Waals surface area (Å²) in [6.45, 7) is 4.58. The number of halogens is 1. The van der Waals surface area contributed by atoms with Crippen molar-refractivity contribution in [1.82, 2.24) is 4.90 Å². The number of rotatable bonds is 5. The second kappa shape index (κ2) is 8.28. The summed E-state index contributed by atoms with van der Waals surface area (Å²) in [5, 5.41) is 0. The number of hydrogen-bond acceptors (Lipinski definition) is 2. The fraction of sp³-hybridized carbons (Fsp3) is 0.562. The van der Waals surface area contributed by atoms with Crippen molar-refractivity contribution in [1.29, 1.82) is 0 Å². The van der Waals surface area contributed by atoms with Crippen molar-refractivity contribution in [2.45, 2.75) is 32.6 Å². The largest absolute Gasteiger partial charge is 0.342 e. The molecular formula is C16H25ClN2O. The molecule has 0 radical (unpaired) electrons. The number of carbonyl (C=O) groups excluding carboxylic acids is 1. The lowest BCUT2D eigenvalue weighted by molar-refractivity contribution is -0.130.